The van der Waals surface area contributed by atoms with Crippen molar-refractivity contribution in [2.24, 2.45) is 0 Å². The predicted octanol–water partition coefficient (Wildman–Crippen LogP) is 3.72. The molecule has 0 saturated carbocycles. The summed E-state index contributed by atoms with van der Waals surface area (Å²) in [7, 11) is 4.86. The van der Waals surface area contributed by atoms with Gasteiger partial charge >= 0.3 is 12.0 Å². The molecule has 4 rings (SSSR count). The summed E-state index contributed by atoms with van der Waals surface area (Å²) in [6, 6.07) is 12.2. The number of hydrogen-bond acceptors (Lipinski definition) is 7. The van der Waals surface area contributed by atoms with Crippen LogP contribution in [0.15, 0.2) is 53.7 Å². The SMILES string of the molecule is CCOC(=O)C1=C(CN2CCCC2c2ccc(OC)cc2OC)NC(=O)NC1c1ccc(OC)cc1. The van der Waals surface area contributed by atoms with E-state index in [9.17, 15) is 9.59 Å². The summed E-state index contributed by atoms with van der Waals surface area (Å²) in [4.78, 5) is 28.1. The van der Waals surface area contributed by atoms with E-state index in [4.69, 9.17) is 18.9 Å². The lowest BCUT2D eigenvalue weighted by atomic mass is 9.94. The van der Waals surface area contributed by atoms with Crippen LogP contribution in [0.1, 0.15) is 43.0 Å². The van der Waals surface area contributed by atoms with Gasteiger partial charge in [-0.15, -0.1) is 0 Å². The molecule has 0 bridgehead atoms. The van der Waals surface area contributed by atoms with Crippen LogP contribution in [0.25, 0.3) is 0 Å². The average molecular weight is 496 g/mol. The zero-order valence-electron chi connectivity index (χ0n) is 21.1. The smallest absolute Gasteiger partial charge is 0.338 e. The number of carbonyl (C=O) groups is 2. The average Bonchev–Trinajstić information content (AvgIpc) is 3.35. The molecule has 0 radical (unpaired) electrons. The highest BCUT2D eigenvalue weighted by Gasteiger charge is 2.36. The number of methoxy groups -OCH3 is 3. The van der Waals surface area contributed by atoms with Gasteiger partial charge in [-0.1, -0.05) is 18.2 Å². The second-order valence-corrected chi connectivity index (χ2v) is 8.65. The lowest BCUT2D eigenvalue weighted by Crippen LogP contribution is -2.48. The third-order valence-corrected chi connectivity index (χ3v) is 6.62. The Morgan fingerprint density at radius 3 is 2.42 bits per heavy atom. The van der Waals surface area contributed by atoms with Gasteiger partial charge in [0.1, 0.15) is 17.2 Å². The van der Waals surface area contributed by atoms with Gasteiger partial charge in [0.2, 0.25) is 0 Å². The summed E-state index contributed by atoms with van der Waals surface area (Å²) in [5.41, 5.74) is 2.74. The molecule has 2 aliphatic rings. The molecule has 2 aromatic rings. The maximum atomic E-state index is 13.2. The Hall–Kier alpha value is -3.72. The fraction of sp³-hybridized carbons (Fsp3) is 0.407. The highest BCUT2D eigenvalue weighted by Crippen LogP contribution is 2.39. The van der Waals surface area contributed by atoms with E-state index in [1.54, 1.807) is 40.4 Å². The van der Waals surface area contributed by atoms with Gasteiger partial charge in [0.25, 0.3) is 0 Å². The molecule has 2 N–H and O–H groups in total. The number of benzene rings is 2. The van der Waals surface area contributed by atoms with Crippen molar-refractivity contribution in [2.75, 3.05) is 41.0 Å². The van der Waals surface area contributed by atoms with Crippen LogP contribution in [-0.4, -0.2) is 57.9 Å². The molecule has 0 aromatic heterocycles. The van der Waals surface area contributed by atoms with Crippen LogP contribution >= 0.6 is 0 Å². The van der Waals surface area contributed by atoms with Gasteiger partial charge in [-0.3, -0.25) is 4.90 Å². The molecule has 2 aromatic carbocycles. The molecule has 9 heteroatoms. The number of ether oxygens (including phenoxy) is 4. The summed E-state index contributed by atoms with van der Waals surface area (Å²) >= 11 is 0. The molecule has 1 fully saturated rings. The quantitative estimate of drug-likeness (QED) is 0.512. The summed E-state index contributed by atoms with van der Waals surface area (Å²) in [5.74, 6) is 1.70. The molecule has 36 heavy (non-hydrogen) atoms. The highest BCUT2D eigenvalue weighted by molar-refractivity contribution is 5.95. The highest BCUT2D eigenvalue weighted by atomic mass is 16.5. The predicted molar refractivity (Wildman–Crippen MR) is 134 cm³/mol. The minimum atomic E-state index is -0.643. The monoisotopic (exact) mass is 495 g/mol. The molecular weight excluding hydrogens is 462 g/mol. The fourth-order valence-corrected chi connectivity index (χ4v) is 4.90. The Morgan fingerprint density at radius 2 is 1.75 bits per heavy atom. The van der Waals surface area contributed by atoms with Gasteiger partial charge in [-0.2, -0.15) is 0 Å². The van der Waals surface area contributed by atoms with Crippen LogP contribution in [0.4, 0.5) is 4.79 Å². The van der Waals surface area contributed by atoms with Crippen LogP contribution in [0.2, 0.25) is 0 Å². The van der Waals surface area contributed by atoms with Crippen molar-refractivity contribution in [3.63, 3.8) is 0 Å². The number of esters is 1. The minimum absolute atomic E-state index is 0.0630. The van der Waals surface area contributed by atoms with Gasteiger partial charge < -0.3 is 29.6 Å². The van der Waals surface area contributed by atoms with Gasteiger partial charge in [0.15, 0.2) is 0 Å². The largest absolute Gasteiger partial charge is 0.497 e. The number of urea groups is 1. The van der Waals surface area contributed by atoms with Crippen molar-refractivity contribution in [3.8, 4) is 17.2 Å². The molecule has 0 aliphatic carbocycles. The zero-order chi connectivity index (χ0) is 25.7. The maximum absolute atomic E-state index is 13.2. The van der Waals surface area contributed by atoms with Crippen LogP contribution in [0, 0.1) is 0 Å². The van der Waals surface area contributed by atoms with Gasteiger partial charge in [-0.25, -0.2) is 9.59 Å². The first-order chi connectivity index (χ1) is 17.5. The Bertz CT molecular complexity index is 1130. The molecule has 192 valence electrons. The van der Waals surface area contributed by atoms with Crippen molar-refractivity contribution in [1.29, 1.82) is 0 Å². The van der Waals surface area contributed by atoms with Crippen LogP contribution in [0.5, 0.6) is 17.2 Å². The molecule has 2 atom stereocenters. The van der Waals surface area contributed by atoms with E-state index < -0.39 is 12.0 Å². The maximum Gasteiger partial charge on any atom is 0.338 e. The first-order valence-corrected chi connectivity index (χ1v) is 12.1. The van der Waals surface area contributed by atoms with E-state index in [0.29, 0.717) is 23.6 Å². The van der Waals surface area contributed by atoms with Gasteiger partial charge in [0.05, 0.1) is 39.6 Å². The van der Waals surface area contributed by atoms with E-state index in [-0.39, 0.29) is 18.7 Å². The normalized spacial score (nSPS) is 19.9. The summed E-state index contributed by atoms with van der Waals surface area (Å²) < 4.78 is 21.7. The van der Waals surface area contributed by atoms with E-state index in [1.165, 1.54) is 0 Å². The molecule has 2 aliphatic heterocycles. The lowest BCUT2D eigenvalue weighted by Gasteiger charge is -2.33. The third kappa shape index (κ3) is 5.26. The zero-order valence-corrected chi connectivity index (χ0v) is 21.1. The number of amides is 2. The minimum Gasteiger partial charge on any atom is -0.497 e. The second kappa shape index (κ2) is 11.3. The van der Waals surface area contributed by atoms with E-state index >= 15 is 0 Å². The van der Waals surface area contributed by atoms with E-state index in [1.807, 2.05) is 30.3 Å². The molecule has 2 heterocycles. The summed E-state index contributed by atoms with van der Waals surface area (Å²) in [6.07, 6.45) is 1.91. The Kier molecular flexibility index (Phi) is 8.00. The van der Waals surface area contributed by atoms with Crippen molar-refractivity contribution in [2.45, 2.75) is 31.8 Å². The number of nitrogens with zero attached hydrogens (tertiary/aromatic N) is 1. The molecule has 9 nitrogen and oxygen atoms in total. The van der Waals surface area contributed by atoms with E-state index in [0.717, 1.165) is 42.0 Å². The van der Waals surface area contributed by atoms with Crippen LogP contribution in [0.3, 0.4) is 0 Å². The Balaban J connectivity index is 1.70. The van der Waals surface area contributed by atoms with Crippen molar-refractivity contribution < 1.29 is 28.5 Å². The van der Waals surface area contributed by atoms with Gasteiger partial charge in [-0.05, 0) is 50.1 Å². The van der Waals surface area contributed by atoms with Crippen LogP contribution in [-0.2, 0) is 9.53 Å². The Morgan fingerprint density at radius 1 is 1.03 bits per heavy atom. The molecular formula is C27H33N3O6. The van der Waals surface area contributed by atoms with Crippen molar-refractivity contribution in [3.05, 3.63) is 64.9 Å². The Labute approximate surface area is 211 Å². The van der Waals surface area contributed by atoms with Crippen molar-refractivity contribution in [1.82, 2.24) is 15.5 Å². The van der Waals surface area contributed by atoms with E-state index in [2.05, 4.69) is 15.5 Å². The number of rotatable bonds is 9. The molecule has 0 spiro atoms. The summed E-state index contributed by atoms with van der Waals surface area (Å²) in [6.45, 7) is 3.19. The first kappa shape index (κ1) is 25.4. The lowest BCUT2D eigenvalue weighted by molar-refractivity contribution is -0.139. The number of likely N-dealkylation sites (tertiary alicyclic amines) is 1. The molecule has 2 amide bonds. The van der Waals surface area contributed by atoms with Gasteiger partial charge in [0, 0.05) is 29.9 Å². The van der Waals surface area contributed by atoms with Crippen molar-refractivity contribution >= 4 is 12.0 Å². The number of hydrogen-bond donors (Lipinski definition) is 2. The number of nitrogens with one attached hydrogen (secondary N) is 2. The standard InChI is InChI=1S/C27H33N3O6/c1-5-36-26(31)24-21(28-27(32)29-25(24)17-8-10-18(33-2)11-9-17)16-30-14-6-7-22(30)20-13-12-19(34-3)15-23(20)35-4/h8-13,15,22,25H,5-7,14,16H2,1-4H3,(H2,28,29,32). The number of carbonyl (C=O) groups excluding carboxylic acids is 2. The third-order valence-electron chi connectivity index (χ3n) is 6.62. The first-order valence-electron chi connectivity index (χ1n) is 12.1. The fourth-order valence-electron chi connectivity index (χ4n) is 4.90. The summed E-state index contributed by atoms with van der Waals surface area (Å²) in [5, 5.41) is 5.77. The van der Waals surface area contributed by atoms with Crippen LogP contribution < -0.4 is 24.8 Å². The molecule has 2 unspecified atom stereocenters. The topological polar surface area (TPSA) is 98.4 Å². The molecule has 1 saturated heterocycles. The second-order valence-electron chi connectivity index (χ2n) is 8.65.